The number of carbonyl (C=O) groups is 2. The van der Waals surface area contributed by atoms with Crippen LogP contribution in [-0.4, -0.2) is 24.2 Å². The van der Waals surface area contributed by atoms with E-state index < -0.39 is 12.0 Å². The lowest BCUT2D eigenvalue weighted by atomic mass is 10.3. The predicted molar refractivity (Wildman–Crippen MR) is 61.9 cm³/mol. The molecule has 0 saturated carbocycles. The molecule has 0 radical (unpaired) electrons. The number of carbonyl (C=O) groups excluding carboxylic acids is 1. The zero-order chi connectivity index (χ0) is 12.7. The molecule has 0 aromatic heterocycles. The van der Waals surface area contributed by atoms with E-state index in [0.29, 0.717) is 11.4 Å². The molecule has 90 valence electrons. The van der Waals surface area contributed by atoms with E-state index in [0.717, 1.165) is 12.3 Å². The monoisotopic (exact) mass is 236 g/mol. The van der Waals surface area contributed by atoms with Crippen LogP contribution >= 0.6 is 0 Å². The standard InChI is InChI=1S/C11H12N2O4/c1-17-9-4-2-8(3-5-9)13-11(16)12-7-6-10(14)15/h2-7H,1H3,(H,14,15)(H2,12,13,16)/b7-6+. The third-order valence-corrected chi connectivity index (χ3v) is 1.79. The summed E-state index contributed by atoms with van der Waals surface area (Å²) in [5.41, 5.74) is 0.576. The number of methoxy groups -OCH3 is 1. The largest absolute Gasteiger partial charge is 0.497 e. The predicted octanol–water partition coefficient (Wildman–Crippen LogP) is 1.41. The highest BCUT2D eigenvalue weighted by atomic mass is 16.5. The summed E-state index contributed by atoms with van der Waals surface area (Å²) in [5, 5.41) is 13.1. The van der Waals surface area contributed by atoms with Gasteiger partial charge in [-0.3, -0.25) is 0 Å². The van der Waals surface area contributed by atoms with Gasteiger partial charge in [-0.2, -0.15) is 0 Å². The van der Waals surface area contributed by atoms with Gasteiger partial charge in [0, 0.05) is 18.0 Å². The highest BCUT2D eigenvalue weighted by Crippen LogP contribution is 2.14. The van der Waals surface area contributed by atoms with E-state index in [1.165, 1.54) is 0 Å². The van der Waals surface area contributed by atoms with Crippen LogP contribution < -0.4 is 15.4 Å². The number of urea groups is 1. The molecule has 6 nitrogen and oxygen atoms in total. The molecule has 1 aromatic carbocycles. The van der Waals surface area contributed by atoms with Gasteiger partial charge in [0.25, 0.3) is 0 Å². The number of nitrogens with one attached hydrogen (secondary N) is 2. The number of anilines is 1. The van der Waals surface area contributed by atoms with Gasteiger partial charge in [-0.15, -0.1) is 0 Å². The minimum Gasteiger partial charge on any atom is -0.497 e. The second kappa shape index (κ2) is 6.16. The van der Waals surface area contributed by atoms with Crippen LogP contribution in [0.5, 0.6) is 5.75 Å². The van der Waals surface area contributed by atoms with Gasteiger partial charge in [-0.1, -0.05) is 0 Å². The fraction of sp³-hybridized carbons (Fsp3) is 0.0909. The molecular formula is C11H12N2O4. The first-order valence-electron chi connectivity index (χ1n) is 4.73. The third kappa shape index (κ3) is 4.70. The molecule has 1 aromatic rings. The number of carboxylic acids is 1. The zero-order valence-electron chi connectivity index (χ0n) is 9.14. The molecule has 0 aliphatic carbocycles. The number of amides is 2. The third-order valence-electron chi connectivity index (χ3n) is 1.79. The van der Waals surface area contributed by atoms with Crippen molar-refractivity contribution < 1.29 is 19.4 Å². The SMILES string of the molecule is COc1ccc(NC(=O)N/C=C/C(=O)O)cc1. The quantitative estimate of drug-likeness (QED) is 0.690. The summed E-state index contributed by atoms with van der Waals surface area (Å²) in [6.07, 6.45) is 1.87. The first kappa shape index (κ1) is 12.6. The summed E-state index contributed by atoms with van der Waals surface area (Å²) < 4.78 is 4.96. The highest BCUT2D eigenvalue weighted by molar-refractivity contribution is 5.90. The van der Waals surface area contributed by atoms with Crippen molar-refractivity contribution in [3.8, 4) is 5.75 Å². The van der Waals surface area contributed by atoms with Crippen LogP contribution in [0.25, 0.3) is 0 Å². The van der Waals surface area contributed by atoms with Gasteiger partial charge in [0.1, 0.15) is 5.75 Å². The molecule has 0 heterocycles. The summed E-state index contributed by atoms with van der Waals surface area (Å²) in [6, 6.07) is 6.21. The minimum absolute atomic E-state index is 0.521. The van der Waals surface area contributed by atoms with E-state index in [2.05, 4.69) is 10.6 Å². The number of ether oxygens (including phenoxy) is 1. The van der Waals surface area contributed by atoms with Crippen LogP contribution in [0, 0.1) is 0 Å². The van der Waals surface area contributed by atoms with Crippen molar-refractivity contribution in [1.82, 2.24) is 5.32 Å². The second-order valence-electron chi connectivity index (χ2n) is 3.00. The van der Waals surface area contributed by atoms with Crippen molar-refractivity contribution in [3.05, 3.63) is 36.5 Å². The van der Waals surface area contributed by atoms with Gasteiger partial charge >= 0.3 is 12.0 Å². The van der Waals surface area contributed by atoms with E-state index >= 15 is 0 Å². The topological polar surface area (TPSA) is 87.7 Å². The molecule has 0 bridgehead atoms. The van der Waals surface area contributed by atoms with Crippen molar-refractivity contribution in [1.29, 1.82) is 0 Å². The Kier molecular flexibility index (Phi) is 4.56. The van der Waals surface area contributed by atoms with E-state index in [1.54, 1.807) is 31.4 Å². The first-order valence-corrected chi connectivity index (χ1v) is 4.73. The Balaban J connectivity index is 2.47. The maximum atomic E-state index is 11.3. The van der Waals surface area contributed by atoms with Gasteiger partial charge in [0.2, 0.25) is 0 Å². The molecule has 2 amide bonds. The molecule has 0 unspecified atom stereocenters. The summed E-state index contributed by atoms with van der Waals surface area (Å²) in [4.78, 5) is 21.4. The van der Waals surface area contributed by atoms with Crippen molar-refractivity contribution >= 4 is 17.7 Å². The number of rotatable bonds is 4. The Morgan fingerprint density at radius 1 is 1.29 bits per heavy atom. The van der Waals surface area contributed by atoms with E-state index in [4.69, 9.17) is 9.84 Å². The molecule has 0 atom stereocenters. The molecule has 0 fully saturated rings. The Morgan fingerprint density at radius 2 is 1.94 bits per heavy atom. The van der Waals surface area contributed by atoms with Crippen LogP contribution in [0.1, 0.15) is 0 Å². The van der Waals surface area contributed by atoms with E-state index in [1.807, 2.05) is 0 Å². The van der Waals surface area contributed by atoms with Crippen molar-refractivity contribution in [2.45, 2.75) is 0 Å². The lowest BCUT2D eigenvalue weighted by molar-refractivity contribution is -0.131. The van der Waals surface area contributed by atoms with E-state index in [-0.39, 0.29) is 0 Å². The normalized spacial score (nSPS) is 9.94. The van der Waals surface area contributed by atoms with Gasteiger partial charge in [-0.25, -0.2) is 9.59 Å². The van der Waals surface area contributed by atoms with Gasteiger partial charge < -0.3 is 20.5 Å². The average Bonchev–Trinajstić information content (AvgIpc) is 2.29. The molecule has 0 aliphatic rings. The molecule has 0 saturated heterocycles. The van der Waals surface area contributed by atoms with Gasteiger partial charge in [0.15, 0.2) is 0 Å². The highest BCUT2D eigenvalue weighted by Gasteiger charge is 1.99. The number of carboxylic acid groups (broad SMARTS) is 1. The average molecular weight is 236 g/mol. The van der Waals surface area contributed by atoms with Crippen LogP contribution in [0.2, 0.25) is 0 Å². The number of benzene rings is 1. The van der Waals surface area contributed by atoms with Crippen molar-refractivity contribution in [3.63, 3.8) is 0 Å². The summed E-state index contributed by atoms with van der Waals surface area (Å²) >= 11 is 0. The molecule has 3 N–H and O–H groups in total. The van der Waals surface area contributed by atoms with Gasteiger partial charge in [0.05, 0.1) is 7.11 Å². The van der Waals surface area contributed by atoms with Crippen LogP contribution in [0.15, 0.2) is 36.5 Å². The number of aliphatic carboxylic acids is 1. The van der Waals surface area contributed by atoms with E-state index in [9.17, 15) is 9.59 Å². The Labute approximate surface area is 97.9 Å². The van der Waals surface area contributed by atoms with Crippen molar-refractivity contribution in [2.24, 2.45) is 0 Å². The fourth-order valence-corrected chi connectivity index (χ4v) is 1.03. The summed E-state index contributed by atoms with van der Waals surface area (Å²) in [5.74, 6) is -0.448. The zero-order valence-corrected chi connectivity index (χ0v) is 9.14. The van der Waals surface area contributed by atoms with Gasteiger partial charge in [-0.05, 0) is 24.3 Å². The van der Waals surface area contributed by atoms with Crippen LogP contribution in [-0.2, 0) is 4.79 Å². The molecular weight excluding hydrogens is 224 g/mol. The molecule has 0 aliphatic heterocycles. The minimum atomic E-state index is -1.13. The molecule has 0 spiro atoms. The molecule has 1 rings (SSSR count). The van der Waals surface area contributed by atoms with Crippen molar-refractivity contribution in [2.75, 3.05) is 12.4 Å². The molecule has 17 heavy (non-hydrogen) atoms. The Hall–Kier alpha value is -2.50. The van der Waals surface area contributed by atoms with Crippen LogP contribution in [0.3, 0.4) is 0 Å². The Bertz CT molecular complexity index is 426. The molecule has 6 heteroatoms. The fourth-order valence-electron chi connectivity index (χ4n) is 1.03. The van der Waals surface area contributed by atoms with Crippen LogP contribution in [0.4, 0.5) is 10.5 Å². The smallest absolute Gasteiger partial charge is 0.329 e. The lowest BCUT2D eigenvalue weighted by Crippen LogP contribution is -2.24. The first-order chi connectivity index (χ1) is 8.11. The Morgan fingerprint density at radius 3 is 2.47 bits per heavy atom. The summed E-state index contributed by atoms with van der Waals surface area (Å²) in [7, 11) is 1.55. The number of hydrogen-bond acceptors (Lipinski definition) is 3. The number of hydrogen-bond donors (Lipinski definition) is 3. The lowest BCUT2D eigenvalue weighted by Gasteiger charge is -2.05. The summed E-state index contributed by atoms with van der Waals surface area (Å²) in [6.45, 7) is 0. The maximum Gasteiger partial charge on any atom is 0.329 e. The second-order valence-corrected chi connectivity index (χ2v) is 3.00. The maximum absolute atomic E-state index is 11.3.